The second-order valence-electron chi connectivity index (χ2n) is 7.16. The van der Waals surface area contributed by atoms with Crippen LogP contribution in [0.25, 0.3) is 0 Å². The average molecular weight is 429 g/mol. The van der Waals surface area contributed by atoms with Gasteiger partial charge in [0.25, 0.3) is 11.8 Å². The van der Waals surface area contributed by atoms with Gasteiger partial charge in [-0.25, -0.2) is 13.1 Å². The molecular weight excluding hydrogens is 406 g/mol. The number of amides is 3. The van der Waals surface area contributed by atoms with E-state index in [0.29, 0.717) is 5.56 Å². The zero-order valence-electron chi connectivity index (χ0n) is 16.9. The maximum atomic E-state index is 12.5. The van der Waals surface area contributed by atoms with Gasteiger partial charge in [-0.1, -0.05) is 29.8 Å². The number of hydrogen-bond acceptors (Lipinski definition) is 5. The van der Waals surface area contributed by atoms with Crippen LogP contribution in [-0.4, -0.2) is 50.2 Å². The number of hydrogen-bond donors (Lipinski definition) is 2. The van der Waals surface area contributed by atoms with Crippen LogP contribution in [0.4, 0.5) is 0 Å². The number of nitrogens with one attached hydrogen (secondary N) is 2. The molecule has 1 aliphatic heterocycles. The Labute approximate surface area is 175 Å². The second-order valence-corrected chi connectivity index (χ2v) is 8.89. The molecule has 0 aliphatic carbocycles. The molecule has 1 heterocycles. The smallest absolute Gasteiger partial charge is 0.262 e. The summed E-state index contributed by atoms with van der Waals surface area (Å²) in [7, 11) is -3.72. The highest BCUT2D eigenvalue weighted by atomic mass is 32.2. The number of fused-ring (bicyclic) bond motifs is 1. The lowest BCUT2D eigenvalue weighted by molar-refractivity contribution is -0.124. The number of nitrogens with zero attached hydrogens (tertiary/aromatic N) is 1. The van der Waals surface area contributed by atoms with E-state index in [1.54, 1.807) is 43.3 Å². The van der Waals surface area contributed by atoms with Crippen LogP contribution >= 0.6 is 0 Å². The van der Waals surface area contributed by atoms with Crippen molar-refractivity contribution < 1.29 is 22.8 Å². The van der Waals surface area contributed by atoms with Crippen LogP contribution < -0.4 is 10.0 Å². The zero-order chi connectivity index (χ0) is 22.1. The van der Waals surface area contributed by atoms with E-state index in [4.69, 9.17) is 0 Å². The minimum atomic E-state index is -3.72. The van der Waals surface area contributed by atoms with Crippen LogP contribution in [0, 0.1) is 13.8 Å². The van der Waals surface area contributed by atoms with Gasteiger partial charge in [-0.05, 0) is 44.5 Å². The normalized spacial score (nSPS) is 14.6. The monoisotopic (exact) mass is 429 g/mol. The number of carbonyl (C=O) groups is 3. The predicted octanol–water partition coefficient (Wildman–Crippen LogP) is 1.38. The molecule has 2 aromatic carbocycles. The summed E-state index contributed by atoms with van der Waals surface area (Å²) in [4.78, 5) is 38.4. The van der Waals surface area contributed by atoms with E-state index in [1.807, 2.05) is 6.92 Å². The number of sulfonamides is 1. The summed E-state index contributed by atoms with van der Waals surface area (Å²) in [5, 5.41) is 2.56. The minimum absolute atomic E-state index is 0.0104. The fourth-order valence-electron chi connectivity index (χ4n) is 3.37. The molecule has 0 saturated heterocycles. The van der Waals surface area contributed by atoms with Crippen molar-refractivity contribution in [2.75, 3.05) is 13.1 Å². The summed E-state index contributed by atoms with van der Waals surface area (Å²) >= 11 is 0. The SMILES string of the molecule is Cc1ccc(S(=O)(=O)NCCNC(=O)C(C)N2C(=O)c3ccccc3C2=O)c(C)c1. The lowest BCUT2D eigenvalue weighted by atomic mass is 10.1. The van der Waals surface area contributed by atoms with Gasteiger partial charge < -0.3 is 5.32 Å². The van der Waals surface area contributed by atoms with E-state index in [0.717, 1.165) is 10.5 Å². The Kier molecular flexibility index (Phi) is 6.04. The summed E-state index contributed by atoms with van der Waals surface area (Å²) in [6.07, 6.45) is 0. The molecular formula is C21H23N3O5S. The van der Waals surface area contributed by atoms with Crippen molar-refractivity contribution in [2.24, 2.45) is 0 Å². The number of aryl methyl sites for hydroxylation is 2. The van der Waals surface area contributed by atoms with Crippen molar-refractivity contribution in [2.45, 2.75) is 31.7 Å². The number of imide groups is 1. The third-order valence-electron chi connectivity index (χ3n) is 4.93. The van der Waals surface area contributed by atoms with Crippen molar-refractivity contribution in [3.05, 3.63) is 64.7 Å². The molecule has 2 N–H and O–H groups in total. The molecule has 158 valence electrons. The maximum absolute atomic E-state index is 12.5. The summed E-state index contributed by atoms with van der Waals surface area (Å²) in [5.74, 6) is -1.59. The van der Waals surface area contributed by atoms with E-state index in [1.165, 1.54) is 13.0 Å². The molecule has 0 bridgehead atoms. The molecule has 3 rings (SSSR count). The van der Waals surface area contributed by atoms with E-state index >= 15 is 0 Å². The highest BCUT2D eigenvalue weighted by Crippen LogP contribution is 2.24. The molecule has 0 aromatic heterocycles. The summed E-state index contributed by atoms with van der Waals surface area (Å²) in [5.41, 5.74) is 2.12. The first-order valence-electron chi connectivity index (χ1n) is 9.45. The van der Waals surface area contributed by atoms with Crippen molar-refractivity contribution in [3.8, 4) is 0 Å². The van der Waals surface area contributed by atoms with Crippen molar-refractivity contribution in [1.29, 1.82) is 0 Å². The summed E-state index contributed by atoms with van der Waals surface area (Å²) in [6.45, 7) is 5.03. The fourth-order valence-corrected chi connectivity index (χ4v) is 4.63. The molecule has 2 aromatic rings. The molecule has 1 unspecified atom stereocenters. The minimum Gasteiger partial charge on any atom is -0.353 e. The first-order chi connectivity index (χ1) is 14.1. The van der Waals surface area contributed by atoms with Gasteiger partial charge in [0.05, 0.1) is 16.0 Å². The van der Waals surface area contributed by atoms with Gasteiger partial charge in [0.1, 0.15) is 6.04 Å². The molecule has 9 heteroatoms. The topological polar surface area (TPSA) is 113 Å². The molecule has 3 amide bonds. The Morgan fingerprint density at radius 1 is 1.00 bits per heavy atom. The van der Waals surface area contributed by atoms with Gasteiger partial charge in [0.15, 0.2) is 0 Å². The van der Waals surface area contributed by atoms with Gasteiger partial charge >= 0.3 is 0 Å². The van der Waals surface area contributed by atoms with Crippen molar-refractivity contribution in [3.63, 3.8) is 0 Å². The zero-order valence-corrected chi connectivity index (χ0v) is 17.7. The summed E-state index contributed by atoms with van der Waals surface area (Å²) < 4.78 is 27.3. The highest BCUT2D eigenvalue weighted by Gasteiger charge is 2.40. The third kappa shape index (κ3) is 4.12. The maximum Gasteiger partial charge on any atom is 0.262 e. The predicted molar refractivity (Wildman–Crippen MR) is 111 cm³/mol. The Morgan fingerprint density at radius 2 is 1.60 bits per heavy atom. The fraction of sp³-hybridized carbons (Fsp3) is 0.286. The van der Waals surface area contributed by atoms with Crippen LogP contribution in [0.3, 0.4) is 0 Å². The third-order valence-corrected chi connectivity index (χ3v) is 6.55. The molecule has 1 aliphatic rings. The Hall–Kier alpha value is -3.04. The van der Waals surface area contributed by atoms with Crippen molar-refractivity contribution in [1.82, 2.24) is 14.9 Å². The second kappa shape index (κ2) is 8.37. The molecule has 0 saturated carbocycles. The average Bonchev–Trinajstić information content (AvgIpc) is 2.95. The first kappa shape index (κ1) is 21.7. The van der Waals surface area contributed by atoms with Crippen LogP contribution in [0.2, 0.25) is 0 Å². The molecule has 0 radical (unpaired) electrons. The summed E-state index contributed by atoms with van der Waals surface area (Å²) in [6, 6.07) is 10.4. The van der Waals surface area contributed by atoms with Gasteiger partial charge in [-0.3, -0.25) is 19.3 Å². The molecule has 1 atom stereocenters. The van der Waals surface area contributed by atoms with E-state index in [2.05, 4.69) is 10.0 Å². The standard InChI is InChI=1S/C21H23N3O5S/c1-13-8-9-18(14(2)12-13)30(28,29)23-11-10-22-19(25)15(3)24-20(26)16-6-4-5-7-17(16)21(24)27/h4-9,12,15,23H,10-11H2,1-3H3,(H,22,25). The lowest BCUT2D eigenvalue weighted by Gasteiger charge is -2.21. The van der Waals surface area contributed by atoms with Gasteiger partial charge in [0, 0.05) is 13.1 Å². The number of benzene rings is 2. The van der Waals surface area contributed by atoms with Gasteiger partial charge in [-0.15, -0.1) is 0 Å². The molecule has 0 spiro atoms. The largest absolute Gasteiger partial charge is 0.353 e. The highest BCUT2D eigenvalue weighted by molar-refractivity contribution is 7.89. The molecule has 0 fully saturated rings. The van der Waals surface area contributed by atoms with Crippen LogP contribution in [0.1, 0.15) is 38.8 Å². The van der Waals surface area contributed by atoms with Gasteiger partial charge in [-0.2, -0.15) is 0 Å². The van der Waals surface area contributed by atoms with Crippen LogP contribution in [0.5, 0.6) is 0 Å². The molecule has 30 heavy (non-hydrogen) atoms. The van der Waals surface area contributed by atoms with Gasteiger partial charge in [0.2, 0.25) is 15.9 Å². The Bertz CT molecular complexity index is 1090. The quantitative estimate of drug-likeness (QED) is 0.510. The Balaban J connectivity index is 1.56. The van der Waals surface area contributed by atoms with E-state index in [-0.39, 0.29) is 29.1 Å². The first-order valence-corrected chi connectivity index (χ1v) is 10.9. The number of carbonyl (C=O) groups excluding carboxylic acids is 3. The van der Waals surface area contributed by atoms with E-state index < -0.39 is 33.8 Å². The molecule has 8 nitrogen and oxygen atoms in total. The van der Waals surface area contributed by atoms with Crippen LogP contribution in [-0.2, 0) is 14.8 Å². The number of rotatable bonds is 7. The van der Waals surface area contributed by atoms with Crippen LogP contribution in [0.15, 0.2) is 47.4 Å². The lowest BCUT2D eigenvalue weighted by Crippen LogP contribution is -2.49. The van der Waals surface area contributed by atoms with Crippen molar-refractivity contribution >= 4 is 27.7 Å². The Morgan fingerprint density at radius 3 is 2.17 bits per heavy atom. The van der Waals surface area contributed by atoms with E-state index in [9.17, 15) is 22.8 Å².